The molecule has 4 aromatic rings. The molecule has 2 aromatic carbocycles. The van der Waals surface area contributed by atoms with Crippen LogP contribution in [0.3, 0.4) is 0 Å². The number of hydrogen-bond acceptors (Lipinski definition) is 7. The summed E-state index contributed by atoms with van der Waals surface area (Å²) in [6, 6.07) is 13.5. The lowest BCUT2D eigenvalue weighted by atomic mass is 10.0. The normalized spacial score (nSPS) is 21.2. The Morgan fingerprint density at radius 3 is 2.73 bits per heavy atom. The second kappa shape index (κ2) is 11.0. The van der Waals surface area contributed by atoms with Gasteiger partial charge in [0.05, 0.1) is 35.8 Å². The molecule has 214 valence electrons. The molecule has 2 aromatic heterocycles. The number of nitrogens with zero attached hydrogens (tertiary/aromatic N) is 7. The SMILES string of the molecule is C[C@@H]1Cn2cnc(Cl)c2CN1c1nc(OC[C@@H]2CCCCN2C)nc2c1CCN(c1cccc3cccc(Cl)c13)C2. The Balaban J connectivity index is 1.26. The minimum atomic E-state index is 0.221. The van der Waals surface area contributed by atoms with E-state index in [0.29, 0.717) is 36.9 Å². The molecular formula is C31H35Cl2N7O. The summed E-state index contributed by atoms with van der Waals surface area (Å²) in [6.45, 7) is 6.89. The number of anilines is 2. The van der Waals surface area contributed by atoms with Gasteiger partial charge in [0, 0.05) is 41.8 Å². The summed E-state index contributed by atoms with van der Waals surface area (Å²) < 4.78 is 8.54. The van der Waals surface area contributed by atoms with E-state index in [1.54, 1.807) is 0 Å². The Labute approximate surface area is 250 Å². The summed E-state index contributed by atoms with van der Waals surface area (Å²) in [4.78, 5) is 21.6. The van der Waals surface area contributed by atoms with Crippen LogP contribution in [0.4, 0.5) is 11.5 Å². The molecule has 3 aliphatic rings. The smallest absolute Gasteiger partial charge is 0.318 e. The Morgan fingerprint density at radius 1 is 1.02 bits per heavy atom. The molecule has 5 heterocycles. The first-order valence-electron chi connectivity index (χ1n) is 14.6. The summed E-state index contributed by atoms with van der Waals surface area (Å²) in [5, 5.41) is 3.54. The first-order valence-corrected chi connectivity index (χ1v) is 15.3. The molecule has 41 heavy (non-hydrogen) atoms. The van der Waals surface area contributed by atoms with Gasteiger partial charge in [-0.2, -0.15) is 9.97 Å². The number of halogens is 2. The zero-order valence-electron chi connectivity index (χ0n) is 23.6. The highest BCUT2D eigenvalue weighted by molar-refractivity contribution is 6.36. The largest absolute Gasteiger partial charge is 0.462 e. The van der Waals surface area contributed by atoms with Crippen LogP contribution in [-0.2, 0) is 26.1 Å². The summed E-state index contributed by atoms with van der Waals surface area (Å²) in [6.07, 6.45) is 6.27. The fourth-order valence-electron chi connectivity index (χ4n) is 6.64. The molecule has 2 atom stereocenters. The van der Waals surface area contributed by atoms with Crippen LogP contribution in [0.15, 0.2) is 42.7 Å². The number of imidazole rings is 1. The van der Waals surface area contributed by atoms with E-state index in [1.807, 2.05) is 18.5 Å². The van der Waals surface area contributed by atoms with Crippen LogP contribution < -0.4 is 14.5 Å². The Hall–Kier alpha value is -3.07. The second-order valence-corrected chi connectivity index (χ2v) is 12.4. The van der Waals surface area contributed by atoms with Gasteiger partial charge in [-0.25, -0.2) is 4.98 Å². The van der Waals surface area contributed by atoms with Crippen molar-refractivity contribution in [2.75, 3.05) is 36.5 Å². The quantitative estimate of drug-likeness (QED) is 0.283. The monoisotopic (exact) mass is 591 g/mol. The van der Waals surface area contributed by atoms with Gasteiger partial charge in [0.25, 0.3) is 0 Å². The van der Waals surface area contributed by atoms with Gasteiger partial charge in [0.15, 0.2) is 5.15 Å². The fraction of sp³-hybridized carbons (Fsp3) is 0.452. The standard InChI is InChI=1S/C31H35Cl2N7O/c1-20-15-39-19-34-29(33)27(39)17-40(20)30-23-12-14-38(26-11-6-8-21-7-5-10-24(32)28(21)26)16-25(23)35-31(36-30)41-18-22-9-3-4-13-37(22)2/h5-8,10-11,19-20,22H,3-4,9,12-18H2,1-2H3/t20-,22+/m1/s1. The van der Waals surface area contributed by atoms with Gasteiger partial charge < -0.3 is 24.0 Å². The van der Waals surface area contributed by atoms with E-state index in [9.17, 15) is 0 Å². The summed E-state index contributed by atoms with van der Waals surface area (Å²) in [7, 11) is 2.18. The third kappa shape index (κ3) is 5.00. The van der Waals surface area contributed by atoms with Crippen LogP contribution in [0.2, 0.25) is 10.2 Å². The molecule has 0 aliphatic carbocycles. The molecule has 0 bridgehead atoms. The number of ether oxygens (including phenoxy) is 1. The number of likely N-dealkylation sites (tertiary alicyclic amines) is 1. The van der Waals surface area contributed by atoms with Gasteiger partial charge in [-0.15, -0.1) is 0 Å². The van der Waals surface area contributed by atoms with E-state index < -0.39 is 0 Å². The average molecular weight is 593 g/mol. The third-order valence-corrected chi connectivity index (χ3v) is 9.63. The van der Waals surface area contributed by atoms with Crippen molar-refractivity contribution in [2.24, 2.45) is 0 Å². The number of benzene rings is 2. The molecule has 3 aliphatic heterocycles. The van der Waals surface area contributed by atoms with Crippen molar-refractivity contribution < 1.29 is 4.74 Å². The predicted octanol–water partition coefficient (Wildman–Crippen LogP) is 5.97. The highest BCUT2D eigenvalue weighted by Gasteiger charge is 2.32. The molecule has 1 fully saturated rings. The van der Waals surface area contributed by atoms with Gasteiger partial charge in [-0.1, -0.05) is 53.9 Å². The lowest BCUT2D eigenvalue weighted by Crippen LogP contribution is -2.43. The van der Waals surface area contributed by atoms with Gasteiger partial charge in [-0.3, -0.25) is 0 Å². The highest BCUT2D eigenvalue weighted by Crippen LogP contribution is 2.38. The summed E-state index contributed by atoms with van der Waals surface area (Å²) in [5.74, 6) is 0.952. The molecule has 10 heteroatoms. The van der Waals surface area contributed by atoms with Crippen molar-refractivity contribution in [1.29, 1.82) is 0 Å². The number of rotatable bonds is 5. The van der Waals surface area contributed by atoms with E-state index in [-0.39, 0.29) is 6.04 Å². The van der Waals surface area contributed by atoms with E-state index in [2.05, 4.69) is 62.5 Å². The van der Waals surface area contributed by atoms with Crippen molar-refractivity contribution in [3.8, 4) is 6.01 Å². The van der Waals surface area contributed by atoms with Crippen LogP contribution in [0.5, 0.6) is 6.01 Å². The van der Waals surface area contributed by atoms with Crippen molar-refractivity contribution in [3.05, 3.63) is 69.9 Å². The molecule has 1 saturated heterocycles. The first-order chi connectivity index (χ1) is 20.0. The molecule has 0 saturated carbocycles. The highest BCUT2D eigenvalue weighted by atomic mass is 35.5. The molecule has 0 spiro atoms. The average Bonchev–Trinajstić information content (AvgIpc) is 3.34. The zero-order valence-corrected chi connectivity index (χ0v) is 25.1. The molecule has 0 amide bonds. The van der Waals surface area contributed by atoms with Crippen molar-refractivity contribution in [2.45, 2.75) is 64.3 Å². The molecule has 8 nitrogen and oxygen atoms in total. The molecule has 0 N–H and O–H groups in total. The number of likely N-dealkylation sites (N-methyl/N-ethyl adjacent to an activating group) is 1. The minimum Gasteiger partial charge on any atom is -0.462 e. The lowest BCUT2D eigenvalue weighted by molar-refractivity contribution is 0.119. The third-order valence-electron chi connectivity index (χ3n) is 9.00. The van der Waals surface area contributed by atoms with Gasteiger partial charge in [-0.05, 0) is 57.3 Å². The summed E-state index contributed by atoms with van der Waals surface area (Å²) in [5.41, 5.74) is 4.35. The zero-order chi connectivity index (χ0) is 28.1. The van der Waals surface area contributed by atoms with Crippen LogP contribution in [0, 0.1) is 0 Å². The fourth-order valence-corrected chi connectivity index (χ4v) is 7.13. The maximum Gasteiger partial charge on any atom is 0.318 e. The molecule has 0 radical (unpaired) electrons. The van der Waals surface area contributed by atoms with Crippen molar-refractivity contribution >= 4 is 45.5 Å². The van der Waals surface area contributed by atoms with Crippen LogP contribution in [0.1, 0.15) is 43.1 Å². The van der Waals surface area contributed by atoms with Crippen LogP contribution in [0.25, 0.3) is 10.8 Å². The topological polar surface area (TPSA) is 62.6 Å². The first kappa shape index (κ1) is 26.8. The minimum absolute atomic E-state index is 0.221. The van der Waals surface area contributed by atoms with Gasteiger partial charge in [0.2, 0.25) is 0 Å². The predicted molar refractivity (Wildman–Crippen MR) is 164 cm³/mol. The Kier molecular flexibility index (Phi) is 7.17. The van der Waals surface area contributed by atoms with E-state index in [4.69, 9.17) is 37.9 Å². The summed E-state index contributed by atoms with van der Waals surface area (Å²) >= 11 is 13.2. The van der Waals surface area contributed by atoms with Crippen LogP contribution in [-0.4, -0.2) is 63.2 Å². The second-order valence-electron chi connectivity index (χ2n) is 11.6. The molecule has 0 unspecified atom stereocenters. The number of piperidine rings is 1. The Morgan fingerprint density at radius 2 is 1.88 bits per heavy atom. The van der Waals surface area contributed by atoms with Crippen molar-refractivity contribution in [1.82, 2.24) is 24.4 Å². The van der Waals surface area contributed by atoms with E-state index >= 15 is 0 Å². The Bertz CT molecular complexity index is 1590. The molecular weight excluding hydrogens is 557 g/mol. The van der Waals surface area contributed by atoms with Crippen LogP contribution >= 0.6 is 23.2 Å². The number of fused-ring (bicyclic) bond motifs is 3. The maximum absolute atomic E-state index is 6.72. The lowest BCUT2D eigenvalue weighted by Gasteiger charge is -2.39. The van der Waals surface area contributed by atoms with E-state index in [0.717, 1.165) is 71.2 Å². The number of aromatic nitrogens is 4. The number of hydrogen-bond donors (Lipinski definition) is 0. The molecule has 7 rings (SSSR count). The van der Waals surface area contributed by atoms with Gasteiger partial charge in [0.1, 0.15) is 12.4 Å². The van der Waals surface area contributed by atoms with Gasteiger partial charge >= 0.3 is 6.01 Å². The maximum atomic E-state index is 6.72. The van der Waals surface area contributed by atoms with E-state index in [1.165, 1.54) is 18.4 Å². The van der Waals surface area contributed by atoms with Crippen molar-refractivity contribution in [3.63, 3.8) is 0 Å².